The monoisotopic (exact) mass is 308 g/mol. The molecule has 0 unspecified atom stereocenters. The molecule has 0 radical (unpaired) electrons. The van der Waals surface area contributed by atoms with E-state index in [1.165, 1.54) is 24.3 Å². The normalized spacial score (nSPS) is 11.1. The van der Waals surface area contributed by atoms with Crippen molar-refractivity contribution in [2.45, 2.75) is 13.1 Å². The van der Waals surface area contributed by atoms with Crippen LogP contribution in [0.15, 0.2) is 42.6 Å². The summed E-state index contributed by atoms with van der Waals surface area (Å²) < 4.78 is 39.3. The van der Waals surface area contributed by atoms with Gasteiger partial charge in [-0.25, -0.2) is 0 Å². The van der Waals surface area contributed by atoms with Gasteiger partial charge in [-0.05, 0) is 6.07 Å². The summed E-state index contributed by atoms with van der Waals surface area (Å²) in [4.78, 5) is 26.9. The van der Waals surface area contributed by atoms with Crippen molar-refractivity contribution < 1.29 is 22.8 Å². The summed E-state index contributed by atoms with van der Waals surface area (Å²) in [6.07, 6.45) is -3.91. The molecule has 7 heteroatoms. The van der Waals surface area contributed by atoms with Crippen LogP contribution in [0.3, 0.4) is 0 Å². The van der Waals surface area contributed by atoms with E-state index in [1.54, 1.807) is 6.07 Å². The quantitative estimate of drug-likeness (QED) is 0.885. The molecule has 2 aromatic rings. The molecule has 0 saturated heterocycles. The van der Waals surface area contributed by atoms with Crippen LogP contribution in [0, 0.1) is 0 Å². The van der Waals surface area contributed by atoms with Gasteiger partial charge in [0.15, 0.2) is 11.5 Å². The van der Waals surface area contributed by atoms with Gasteiger partial charge in [0.1, 0.15) is 0 Å². The number of anilines is 1. The van der Waals surface area contributed by atoms with E-state index in [0.29, 0.717) is 0 Å². The second kappa shape index (κ2) is 5.97. The molecular weight excluding hydrogens is 297 g/mol. The van der Waals surface area contributed by atoms with Gasteiger partial charge in [0.2, 0.25) is 5.91 Å². The molecule has 0 fully saturated rings. The average Bonchev–Trinajstić information content (AvgIpc) is 2.46. The minimum atomic E-state index is -4.81. The van der Waals surface area contributed by atoms with E-state index in [9.17, 15) is 22.8 Å². The van der Waals surface area contributed by atoms with Gasteiger partial charge in [-0.2, -0.15) is 13.2 Å². The summed E-state index contributed by atoms with van der Waals surface area (Å²) in [6, 6.07) is 8.66. The van der Waals surface area contributed by atoms with Crippen LogP contribution in [0.2, 0.25) is 0 Å². The molecule has 22 heavy (non-hydrogen) atoms. The van der Waals surface area contributed by atoms with Crippen LogP contribution in [-0.4, -0.2) is 16.7 Å². The molecule has 4 nitrogen and oxygen atoms in total. The fourth-order valence-corrected chi connectivity index (χ4v) is 1.93. The van der Waals surface area contributed by atoms with Crippen molar-refractivity contribution in [2.24, 2.45) is 0 Å². The molecule has 0 atom stereocenters. The van der Waals surface area contributed by atoms with Crippen molar-refractivity contribution in [1.82, 2.24) is 4.98 Å². The molecule has 0 aliphatic heterocycles. The number of pyridine rings is 1. The fraction of sp³-hybridized carbons (Fsp3) is 0.133. The Morgan fingerprint density at radius 1 is 1.09 bits per heavy atom. The van der Waals surface area contributed by atoms with Crippen molar-refractivity contribution in [1.29, 1.82) is 0 Å². The van der Waals surface area contributed by atoms with Crippen LogP contribution < -0.4 is 5.32 Å². The maximum absolute atomic E-state index is 13.1. The predicted octanol–water partition coefficient (Wildman–Crippen LogP) is 3.29. The SMILES string of the molecule is CC(=O)Nc1ccnc(C(F)(F)F)c1C(=O)c1ccccc1. The second-order valence-corrected chi connectivity index (χ2v) is 4.46. The third kappa shape index (κ3) is 3.30. The molecule has 1 amide bonds. The molecule has 1 aromatic carbocycles. The Morgan fingerprint density at radius 2 is 1.73 bits per heavy atom. The highest BCUT2D eigenvalue weighted by atomic mass is 19.4. The molecule has 1 heterocycles. The Labute approximate surface area is 124 Å². The maximum atomic E-state index is 13.1. The number of carbonyl (C=O) groups excluding carboxylic acids is 2. The standard InChI is InChI=1S/C15H11F3N2O2/c1-9(21)20-11-7-8-19-14(15(16,17)18)12(11)13(22)10-5-3-2-4-6-10/h2-8H,1H3,(H,19,20,21). The molecule has 0 spiro atoms. The van der Waals surface area contributed by atoms with Crippen LogP contribution in [0.25, 0.3) is 0 Å². The summed E-state index contributed by atoms with van der Waals surface area (Å²) in [5.41, 5.74) is -2.14. The zero-order valence-electron chi connectivity index (χ0n) is 11.4. The maximum Gasteiger partial charge on any atom is 0.434 e. The van der Waals surface area contributed by atoms with Crippen LogP contribution in [0.5, 0.6) is 0 Å². The molecular formula is C15H11F3N2O2. The summed E-state index contributed by atoms with van der Waals surface area (Å²) in [5, 5.41) is 2.24. The first-order valence-electron chi connectivity index (χ1n) is 6.24. The van der Waals surface area contributed by atoms with Crippen LogP contribution >= 0.6 is 0 Å². The van der Waals surface area contributed by atoms with Gasteiger partial charge in [-0.15, -0.1) is 0 Å². The Morgan fingerprint density at radius 3 is 2.27 bits per heavy atom. The number of hydrogen-bond donors (Lipinski definition) is 1. The summed E-state index contributed by atoms with van der Waals surface area (Å²) in [6.45, 7) is 1.14. The van der Waals surface area contributed by atoms with Crippen LogP contribution in [-0.2, 0) is 11.0 Å². The summed E-state index contributed by atoms with van der Waals surface area (Å²) in [7, 11) is 0. The lowest BCUT2D eigenvalue weighted by Crippen LogP contribution is -2.20. The van der Waals surface area contributed by atoms with E-state index in [1.807, 2.05) is 0 Å². The van der Waals surface area contributed by atoms with Crippen molar-refractivity contribution in [2.75, 3.05) is 5.32 Å². The number of amides is 1. The van der Waals surface area contributed by atoms with Crippen molar-refractivity contribution in [3.05, 3.63) is 59.4 Å². The second-order valence-electron chi connectivity index (χ2n) is 4.46. The highest BCUT2D eigenvalue weighted by molar-refractivity contribution is 6.14. The molecule has 2 rings (SSSR count). The number of halogens is 3. The van der Waals surface area contributed by atoms with E-state index in [0.717, 1.165) is 19.2 Å². The number of rotatable bonds is 3. The minimum Gasteiger partial charge on any atom is -0.326 e. The number of hydrogen-bond acceptors (Lipinski definition) is 3. The van der Waals surface area contributed by atoms with Crippen molar-refractivity contribution >= 4 is 17.4 Å². The number of nitrogens with one attached hydrogen (secondary N) is 1. The average molecular weight is 308 g/mol. The number of nitrogens with zero attached hydrogens (tertiary/aromatic N) is 1. The lowest BCUT2D eigenvalue weighted by Gasteiger charge is -2.15. The van der Waals surface area contributed by atoms with Gasteiger partial charge in [0, 0.05) is 18.7 Å². The van der Waals surface area contributed by atoms with Crippen molar-refractivity contribution in [3.8, 4) is 0 Å². The Balaban J connectivity index is 2.65. The summed E-state index contributed by atoms with van der Waals surface area (Å²) >= 11 is 0. The molecule has 0 bridgehead atoms. The first-order chi connectivity index (χ1) is 10.3. The Kier molecular flexibility index (Phi) is 4.25. The van der Waals surface area contributed by atoms with E-state index < -0.39 is 29.1 Å². The third-order valence-electron chi connectivity index (χ3n) is 2.79. The lowest BCUT2D eigenvalue weighted by molar-refractivity contribution is -0.141. The zero-order chi connectivity index (χ0) is 16.3. The third-order valence-corrected chi connectivity index (χ3v) is 2.79. The van der Waals surface area contributed by atoms with Gasteiger partial charge < -0.3 is 5.32 Å². The van der Waals surface area contributed by atoms with Gasteiger partial charge in [0.05, 0.1) is 11.3 Å². The number of ketones is 1. The Bertz CT molecular complexity index is 712. The highest BCUT2D eigenvalue weighted by Gasteiger charge is 2.38. The number of benzene rings is 1. The van der Waals surface area contributed by atoms with Crippen molar-refractivity contribution in [3.63, 3.8) is 0 Å². The largest absolute Gasteiger partial charge is 0.434 e. The summed E-state index contributed by atoms with van der Waals surface area (Å²) in [5.74, 6) is -1.44. The smallest absolute Gasteiger partial charge is 0.326 e. The molecule has 1 aromatic heterocycles. The first kappa shape index (κ1) is 15.7. The molecule has 114 valence electrons. The molecule has 0 aliphatic rings. The van der Waals surface area contributed by atoms with E-state index in [2.05, 4.69) is 10.3 Å². The van der Waals surface area contributed by atoms with Gasteiger partial charge in [0.25, 0.3) is 0 Å². The Hall–Kier alpha value is -2.70. The van der Waals surface area contributed by atoms with Gasteiger partial charge in [-0.3, -0.25) is 14.6 Å². The highest BCUT2D eigenvalue weighted by Crippen LogP contribution is 2.34. The molecule has 1 N–H and O–H groups in total. The van der Waals surface area contributed by atoms with Gasteiger partial charge >= 0.3 is 6.18 Å². The lowest BCUT2D eigenvalue weighted by atomic mass is 9.99. The van der Waals surface area contributed by atoms with E-state index in [4.69, 9.17) is 0 Å². The predicted molar refractivity (Wildman–Crippen MR) is 73.4 cm³/mol. The molecule has 0 aliphatic carbocycles. The van der Waals surface area contributed by atoms with E-state index >= 15 is 0 Å². The first-order valence-corrected chi connectivity index (χ1v) is 6.24. The van der Waals surface area contributed by atoms with Crippen LogP contribution in [0.1, 0.15) is 28.5 Å². The number of carbonyl (C=O) groups is 2. The van der Waals surface area contributed by atoms with Crippen LogP contribution in [0.4, 0.5) is 18.9 Å². The number of alkyl halides is 3. The number of aromatic nitrogens is 1. The van der Waals surface area contributed by atoms with E-state index in [-0.39, 0.29) is 11.3 Å². The zero-order valence-corrected chi connectivity index (χ0v) is 11.4. The van der Waals surface area contributed by atoms with Gasteiger partial charge in [-0.1, -0.05) is 30.3 Å². The topological polar surface area (TPSA) is 59.1 Å². The fourth-order valence-electron chi connectivity index (χ4n) is 1.93. The minimum absolute atomic E-state index is 0.0765. The molecule has 0 saturated carbocycles.